The summed E-state index contributed by atoms with van der Waals surface area (Å²) in [4.78, 5) is 0. The normalized spacial score (nSPS) is 48.0. The summed E-state index contributed by atoms with van der Waals surface area (Å²) in [5, 5.41) is 44.3. The van der Waals surface area contributed by atoms with Crippen LogP contribution < -0.4 is 0 Å². The molecule has 0 aromatic carbocycles. The van der Waals surface area contributed by atoms with Crippen LogP contribution in [0.3, 0.4) is 0 Å². The lowest BCUT2D eigenvalue weighted by atomic mass is 9.43. The number of aliphatic hydroxyl groups is 4. The van der Waals surface area contributed by atoms with Gasteiger partial charge in [-0.05, 0) is 74.0 Å². The molecule has 0 saturated heterocycles. The second-order valence-electron chi connectivity index (χ2n) is 12.4. The van der Waals surface area contributed by atoms with Crippen LogP contribution in [0.25, 0.3) is 0 Å². The standard InChI is InChI=1S/C27H46O4/c1-17(2)6-5-7-18(3)21-8-9-22-24-23(30)15-19-14-20(29)10-11-26(19,16-28)27(24,31)13-12-25(21,22)4/h15,17-18,20-24,28-31H,5-14,16H2,1-4H3/t18?,20-,21+,22?,23-,24?,25+,26+,27+/m0/s1. The summed E-state index contributed by atoms with van der Waals surface area (Å²) >= 11 is 0. The zero-order chi connectivity index (χ0) is 22.6. The van der Waals surface area contributed by atoms with Crippen LogP contribution in [0.2, 0.25) is 0 Å². The Morgan fingerprint density at radius 1 is 1.03 bits per heavy atom. The molecule has 0 radical (unpaired) electrons. The van der Waals surface area contributed by atoms with Gasteiger partial charge in [-0.2, -0.15) is 0 Å². The molecular weight excluding hydrogens is 388 g/mol. The first kappa shape index (κ1) is 23.7. The van der Waals surface area contributed by atoms with Crippen molar-refractivity contribution in [2.75, 3.05) is 6.61 Å². The van der Waals surface area contributed by atoms with E-state index in [1.54, 1.807) is 0 Å². The maximum atomic E-state index is 12.2. The lowest BCUT2D eigenvalue weighted by molar-refractivity contribution is -0.226. The van der Waals surface area contributed by atoms with E-state index in [4.69, 9.17) is 0 Å². The Bertz CT molecular complexity index is 689. The second kappa shape index (κ2) is 8.42. The highest BCUT2D eigenvalue weighted by molar-refractivity contribution is 5.34. The highest BCUT2D eigenvalue weighted by Crippen LogP contribution is 2.68. The van der Waals surface area contributed by atoms with Gasteiger partial charge in [0.2, 0.25) is 0 Å². The van der Waals surface area contributed by atoms with Gasteiger partial charge in [0.05, 0.1) is 24.4 Å². The fourth-order valence-corrected chi connectivity index (χ4v) is 8.75. The summed E-state index contributed by atoms with van der Waals surface area (Å²) in [7, 11) is 0. The van der Waals surface area contributed by atoms with E-state index >= 15 is 0 Å². The minimum Gasteiger partial charge on any atom is -0.395 e. The van der Waals surface area contributed by atoms with Crippen LogP contribution in [0, 0.1) is 40.4 Å². The molecule has 0 aromatic heterocycles. The van der Waals surface area contributed by atoms with Gasteiger partial charge < -0.3 is 20.4 Å². The van der Waals surface area contributed by atoms with Crippen molar-refractivity contribution in [2.24, 2.45) is 40.4 Å². The summed E-state index contributed by atoms with van der Waals surface area (Å²) in [6, 6.07) is 0. The van der Waals surface area contributed by atoms with E-state index in [1.807, 2.05) is 6.08 Å². The van der Waals surface area contributed by atoms with Crippen molar-refractivity contribution >= 4 is 0 Å². The van der Waals surface area contributed by atoms with Crippen molar-refractivity contribution < 1.29 is 20.4 Å². The van der Waals surface area contributed by atoms with Crippen molar-refractivity contribution in [3.63, 3.8) is 0 Å². The Morgan fingerprint density at radius 3 is 2.45 bits per heavy atom. The van der Waals surface area contributed by atoms with Crippen molar-refractivity contribution in [1.29, 1.82) is 0 Å². The number of hydrogen-bond acceptors (Lipinski definition) is 4. The molecule has 3 saturated carbocycles. The minimum atomic E-state index is -1.08. The third-order valence-corrected chi connectivity index (χ3v) is 10.5. The monoisotopic (exact) mass is 434 g/mol. The Balaban J connectivity index is 1.61. The topological polar surface area (TPSA) is 80.9 Å². The fourth-order valence-electron chi connectivity index (χ4n) is 8.75. The van der Waals surface area contributed by atoms with Gasteiger partial charge in [0.25, 0.3) is 0 Å². The zero-order valence-corrected chi connectivity index (χ0v) is 20.2. The van der Waals surface area contributed by atoms with Gasteiger partial charge in [-0.1, -0.05) is 58.6 Å². The second-order valence-corrected chi connectivity index (χ2v) is 12.4. The van der Waals surface area contributed by atoms with Crippen LogP contribution in [-0.2, 0) is 0 Å². The maximum absolute atomic E-state index is 12.2. The third kappa shape index (κ3) is 3.55. The highest BCUT2D eigenvalue weighted by atomic mass is 16.3. The largest absolute Gasteiger partial charge is 0.395 e. The maximum Gasteiger partial charge on any atom is 0.0821 e. The van der Waals surface area contributed by atoms with Crippen LogP contribution in [0.15, 0.2) is 11.6 Å². The summed E-state index contributed by atoms with van der Waals surface area (Å²) in [5.74, 6) is 2.14. The Morgan fingerprint density at radius 2 is 1.77 bits per heavy atom. The summed E-state index contributed by atoms with van der Waals surface area (Å²) < 4.78 is 0. The summed E-state index contributed by atoms with van der Waals surface area (Å²) in [5.41, 5.74) is -0.741. The molecule has 4 aliphatic rings. The van der Waals surface area contributed by atoms with E-state index in [0.29, 0.717) is 37.5 Å². The molecule has 0 aromatic rings. The molecule has 4 rings (SSSR count). The fraction of sp³-hybridized carbons (Fsp3) is 0.926. The quantitative estimate of drug-likeness (QED) is 0.466. The van der Waals surface area contributed by atoms with Crippen LogP contribution >= 0.6 is 0 Å². The van der Waals surface area contributed by atoms with Gasteiger partial charge in [-0.25, -0.2) is 0 Å². The average molecular weight is 435 g/mol. The summed E-state index contributed by atoms with van der Waals surface area (Å²) in [6.45, 7) is 9.35. The highest BCUT2D eigenvalue weighted by Gasteiger charge is 2.68. The third-order valence-electron chi connectivity index (χ3n) is 10.5. The molecule has 4 N–H and O–H groups in total. The molecule has 178 valence electrons. The van der Waals surface area contributed by atoms with Gasteiger partial charge >= 0.3 is 0 Å². The average Bonchev–Trinajstić information content (AvgIpc) is 3.04. The Kier molecular flexibility index (Phi) is 6.44. The molecule has 0 bridgehead atoms. The molecule has 0 aliphatic heterocycles. The van der Waals surface area contributed by atoms with Crippen LogP contribution in [0.5, 0.6) is 0 Å². The SMILES string of the molecule is CC(C)CCCC(C)[C@H]1CCC2C3[C@@H](O)C=C4C[C@@H](O)CC[C@]4(CO)[C@@]3(O)CC[C@@]21C. The number of fused-ring (bicyclic) bond motifs is 5. The van der Waals surface area contributed by atoms with Gasteiger partial charge in [0.15, 0.2) is 0 Å². The van der Waals surface area contributed by atoms with Crippen molar-refractivity contribution in [3.05, 3.63) is 11.6 Å². The van der Waals surface area contributed by atoms with Crippen molar-refractivity contribution in [2.45, 2.75) is 110 Å². The number of hydrogen-bond donors (Lipinski definition) is 4. The Hall–Kier alpha value is -0.420. The predicted molar refractivity (Wildman–Crippen MR) is 123 cm³/mol. The van der Waals surface area contributed by atoms with Gasteiger partial charge in [0.1, 0.15) is 0 Å². The smallest absolute Gasteiger partial charge is 0.0821 e. The minimum absolute atomic E-state index is 0.0935. The van der Waals surface area contributed by atoms with Crippen molar-refractivity contribution in [1.82, 2.24) is 0 Å². The first-order valence-corrected chi connectivity index (χ1v) is 13.0. The molecule has 0 heterocycles. The first-order chi connectivity index (χ1) is 14.6. The zero-order valence-electron chi connectivity index (χ0n) is 20.2. The van der Waals surface area contributed by atoms with Crippen LogP contribution in [0.1, 0.15) is 91.9 Å². The molecule has 4 nitrogen and oxygen atoms in total. The van der Waals surface area contributed by atoms with Gasteiger partial charge in [0, 0.05) is 11.3 Å². The molecule has 31 heavy (non-hydrogen) atoms. The van der Waals surface area contributed by atoms with Gasteiger partial charge in [-0.15, -0.1) is 0 Å². The van der Waals surface area contributed by atoms with Gasteiger partial charge in [-0.3, -0.25) is 0 Å². The molecule has 3 unspecified atom stereocenters. The molecule has 4 aliphatic carbocycles. The molecule has 0 spiro atoms. The molecule has 3 fully saturated rings. The van der Waals surface area contributed by atoms with E-state index < -0.39 is 23.2 Å². The lowest BCUT2D eigenvalue weighted by Gasteiger charge is -2.64. The van der Waals surface area contributed by atoms with Crippen molar-refractivity contribution in [3.8, 4) is 0 Å². The molecule has 9 atom stereocenters. The van der Waals surface area contributed by atoms with E-state index in [-0.39, 0.29) is 23.9 Å². The van der Waals surface area contributed by atoms with Crippen LogP contribution in [0.4, 0.5) is 0 Å². The molecular formula is C27H46O4. The first-order valence-electron chi connectivity index (χ1n) is 13.0. The Labute approximate surface area is 189 Å². The van der Waals surface area contributed by atoms with E-state index in [9.17, 15) is 20.4 Å². The van der Waals surface area contributed by atoms with E-state index in [2.05, 4.69) is 27.7 Å². The van der Waals surface area contributed by atoms with E-state index in [1.165, 1.54) is 25.7 Å². The molecule has 4 heteroatoms. The number of rotatable bonds is 6. The van der Waals surface area contributed by atoms with Crippen LogP contribution in [-0.4, -0.2) is 44.8 Å². The number of aliphatic hydroxyl groups excluding tert-OH is 3. The lowest BCUT2D eigenvalue weighted by Crippen LogP contribution is -2.68. The summed E-state index contributed by atoms with van der Waals surface area (Å²) in [6.07, 6.45) is 10.2. The molecule has 0 amide bonds. The predicted octanol–water partition coefficient (Wildman–Crippen LogP) is 4.45. The van der Waals surface area contributed by atoms with E-state index in [0.717, 1.165) is 24.3 Å².